The monoisotopic (exact) mass is 477 g/mol. The largest absolute Gasteiger partial charge is 0.486 e. The van der Waals surface area contributed by atoms with Crippen LogP contribution in [-0.4, -0.2) is 44.1 Å². The maximum absolute atomic E-state index is 13.6. The van der Waals surface area contributed by atoms with Crippen LogP contribution < -0.4 is 14.8 Å². The molecule has 0 bridgehead atoms. The number of hydrogen-bond acceptors (Lipinski definition) is 7. The highest BCUT2D eigenvalue weighted by Gasteiger charge is 2.23. The van der Waals surface area contributed by atoms with E-state index in [9.17, 15) is 9.18 Å². The van der Waals surface area contributed by atoms with Crippen LogP contribution >= 0.6 is 11.8 Å². The van der Waals surface area contributed by atoms with Gasteiger partial charge in [-0.25, -0.2) is 4.39 Å². The summed E-state index contributed by atoms with van der Waals surface area (Å²) in [4.78, 5) is 17.0. The molecule has 0 aliphatic carbocycles. The number of pyridine rings is 1. The van der Waals surface area contributed by atoms with Gasteiger partial charge in [0.05, 0.1) is 5.25 Å². The van der Waals surface area contributed by atoms with Gasteiger partial charge in [-0.2, -0.15) is 0 Å². The van der Waals surface area contributed by atoms with E-state index in [4.69, 9.17) is 9.47 Å². The topological polar surface area (TPSA) is 91.2 Å². The number of carbonyl (C=O) groups excluding carboxylic acids is 1. The molecule has 1 atom stereocenters. The lowest BCUT2D eigenvalue weighted by molar-refractivity contribution is -0.115. The van der Waals surface area contributed by atoms with Crippen molar-refractivity contribution in [3.8, 4) is 28.6 Å². The number of hydrogen-bond donors (Lipinski definition) is 1. The van der Waals surface area contributed by atoms with Crippen LogP contribution in [0.3, 0.4) is 0 Å². The SMILES string of the molecule is C[C@H](Sc1nnc(-c2ccncc2)n1-c1ccc(F)cc1)C(=O)Nc1ccc2c(c1)OCCO2. The molecule has 8 nitrogen and oxygen atoms in total. The highest BCUT2D eigenvalue weighted by molar-refractivity contribution is 8.00. The predicted molar refractivity (Wildman–Crippen MR) is 126 cm³/mol. The fourth-order valence-electron chi connectivity index (χ4n) is 3.43. The van der Waals surface area contributed by atoms with Crippen LogP contribution in [0.4, 0.5) is 10.1 Å². The third kappa shape index (κ3) is 4.58. The maximum atomic E-state index is 13.6. The first-order valence-corrected chi connectivity index (χ1v) is 11.5. The van der Waals surface area contributed by atoms with E-state index in [1.54, 1.807) is 54.2 Å². The Labute approximate surface area is 199 Å². The molecule has 1 amide bonds. The second-order valence-corrected chi connectivity index (χ2v) is 8.77. The van der Waals surface area contributed by atoms with Crippen LogP contribution in [-0.2, 0) is 4.79 Å². The Hall–Kier alpha value is -3.92. The first-order chi connectivity index (χ1) is 16.6. The van der Waals surface area contributed by atoms with E-state index in [0.29, 0.717) is 47.1 Å². The molecular formula is C24H20FN5O3S. The predicted octanol–water partition coefficient (Wildman–Crippen LogP) is 4.36. The van der Waals surface area contributed by atoms with Crippen molar-refractivity contribution in [2.45, 2.75) is 17.3 Å². The number of halogens is 1. The second-order valence-electron chi connectivity index (χ2n) is 7.46. The summed E-state index contributed by atoms with van der Waals surface area (Å²) in [7, 11) is 0. The number of nitrogens with zero attached hydrogens (tertiary/aromatic N) is 4. The molecule has 0 saturated heterocycles. The van der Waals surface area contributed by atoms with E-state index in [-0.39, 0.29) is 11.7 Å². The molecule has 1 aliphatic rings. The van der Waals surface area contributed by atoms with Gasteiger partial charge in [0.2, 0.25) is 5.91 Å². The molecule has 0 fully saturated rings. The lowest BCUT2D eigenvalue weighted by atomic mass is 10.2. The third-order valence-electron chi connectivity index (χ3n) is 5.12. The highest BCUT2D eigenvalue weighted by atomic mass is 32.2. The summed E-state index contributed by atoms with van der Waals surface area (Å²) in [5, 5.41) is 11.6. The number of thioether (sulfide) groups is 1. The number of aromatic nitrogens is 4. The second kappa shape index (κ2) is 9.52. The lowest BCUT2D eigenvalue weighted by Gasteiger charge is -2.19. The minimum atomic E-state index is -0.498. The van der Waals surface area contributed by atoms with Crippen LogP contribution in [0, 0.1) is 5.82 Å². The number of ether oxygens (including phenoxy) is 2. The molecular weight excluding hydrogens is 457 g/mol. The Morgan fingerprint density at radius 1 is 1.03 bits per heavy atom. The molecule has 0 spiro atoms. The lowest BCUT2D eigenvalue weighted by Crippen LogP contribution is -2.23. The average Bonchev–Trinajstić information content (AvgIpc) is 3.28. The number of carbonyl (C=O) groups is 1. The molecule has 3 heterocycles. The van der Waals surface area contributed by atoms with Gasteiger partial charge in [-0.15, -0.1) is 10.2 Å². The zero-order valence-corrected chi connectivity index (χ0v) is 19.0. The van der Waals surface area contributed by atoms with Gasteiger partial charge >= 0.3 is 0 Å². The molecule has 2 aromatic heterocycles. The molecule has 0 radical (unpaired) electrons. The minimum absolute atomic E-state index is 0.208. The van der Waals surface area contributed by atoms with Gasteiger partial charge in [-0.05, 0) is 55.5 Å². The van der Waals surface area contributed by atoms with E-state index < -0.39 is 5.25 Å². The zero-order chi connectivity index (χ0) is 23.5. The Morgan fingerprint density at radius 3 is 2.53 bits per heavy atom. The smallest absolute Gasteiger partial charge is 0.237 e. The standard InChI is InChI=1S/C24H20FN5O3S/c1-15(23(31)27-18-4-7-20-21(14-18)33-13-12-32-20)34-24-29-28-22(16-8-10-26-11-9-16)30(24)19-5-2-17(25)3-6-19/h2-11,14-15H,12-13H2,1H3,(H,27,31)/t15-/m0/s1. The van der Waals surface area contributed by atoms with Crippen molar-refractivity contribution in [1.82, 2.24) is 19.7 Å². The molecule has 1 aliphatic heterocycles. The van der Waals surface area contributed by atoms with Gasteiger partial charge in [0, 0.05) is 35.4 Å². The van der Waals surface area contributed by atoms with Gasteiger partial charge < -0.3 is 14.8 Å². The maximum Gasteiger partial charge on any atom is 0.237 e. The van der Waals surface area contributed by atoms with Crippen molar-refractivity contribution >= 4 is 23.4 Å². The molecule has 10 heteroatoms. The van der Waals surface area contributed by atoms with Crippen LogP contribution in [0.5, 0.6) is 11.5 Å². The molecule has 1 N–H and O–H groups in total. The third-order valence-corrected chi connectivity index (χ3v) is 6.16. The average molecular weight is 478 g/mol. The van der Waals surface area contributed by atoms with E-state index in [1.165, 1.54) is 23.9 Å². The quantitative estimate of drug-likeness (QED) is 0.413. The Bertz CT molecular complexity index is 1310. The molecule has 5 rings (SSSR count). The minimum Gasteiger partial charge on any atom is -0.486 e. The van der Waals surface area contributed by atoms with Crippen LogP contribution in [0.15, 0.2) is 72.1 Å². The van der Waals surface area contributed by atoms with Gasteiger partial charge in [0.1, 0.15) is 19.0 Å². The van der Waals surface area contributed by atoms with Crippen molar-refractivity contribution < 1.29 is 18.7 Å². The fraction of sp³-hybridized carbons (Fsp3) is 0.167. The van der Waals surface area contributed by atoms with Crippen molar-refractivity contribution in [3.63, 3.8) is 0 Å². The van der Waals surface area contributed by atoms with Gasteiger partial charge in [0.25, 0.3) is 0 Å². The number of amides is 1. The van der Waals surface area contributed by atoms with Crippen molar-refractivity contribution in [1.29, 1.82) is 0 Å². The van der Waals surface area contributed by atoms with Crippen molar-refractivity contribution in [2.24, 2.45) is 0 Å². The first kappa shape index (κ1) is 21.9. The van der Waals surface area contributed by atoms with Gasteiger partial charge in [-0.1, -0.05) is 11.8 Å². The summed E-state index contributed by atoms with van der Waals surface area (Å²) in [6, 6.07) is 15.0. The van der Waals surface area contributed by atoms with Crippen LogP contribution in [0.1, 0.15) is 6.92 Å². The number of benzene rings is 2. The van der Waals surface area contributed by atoms with Crippen molar-refractivity contribution in [2.75, 3.05) is 18.5 Å². The Kier molecular flexibility index (Phi) is 6.13. The first-order valence-electron chi connectivity index (χ1n) is 10.6. The van der Waals surface area contributed by atoms with Crippen LogP contribution in [0.2, 0.25) is 0 Å². The van der Waals surface area contributed by atoms with E-state index in [2.05, 4.69) is 20.5 Å². The summed E-state index contributed by atoms with van der Waals surface area (Å²) < 4.78 is 26.5. The molecule has 4 aromatic rings. The van der Waals surface area contributed by atoms with E-state index >= 15 is 0 Å². The van der Waals surface area contributed by atoms with E-state index in [0.717, 1.165) is 5.56 Å². The summed E-state index contributed by atoms with van der Waals surface area (Å²) in [6.45, 7) is 2.76. The normalized spacial score (nSPS) is 13.4. The summed E-state index contributed by atoms with van der Waals surface area (Å²) in [6.07, 6.45) is 3.32. The summed E-state index contributed by atoms with van der Waals surface area (Å²) >= 11 is 1.25. The highest BCUT2D eigenvalue weighted by Crippen LogP contribution is 2.34. The number of anilines is 1. The number of nitrogens with one attached hydrogen (secondary N) is 1. The summed E-state index contributed by atoms with van der Waals surface area (Å²) in [5.74, 6) is 1.27. The number of rotatable bonds is 6. The van der Waals surface area contributed by atoms with Gasteiger partial charge in [0.15, 0.2) is 22.5 Å². The molecule has 0 saturated carbocycles. The van der Waals surface area contributed by atoms with E-state index in [1.807, 2.05) is 12.1 Å². The number of fused-ring (bicyclic) bond motifs is 1. The zero-order valence-electron chi connectivity index (χ0n) is 18.1. The molecule has 34 heavy (non-hydrogen) atoms. The van der Waals surface area contributed by atoms with Gasteiger partial charge in [-0.3, -0.25) is 14.3 Å². The molecule has 2 aromatic carbocycles. The Balaban J connectivity index is 1.39. The van der Waals surface area contributed by atoms with Crippen molar-refractivity contribution in [3.05, 3.63) is 72.8 Å². The van der Waals surface area contributed by atoms with Crippen LogP contribution in [0.25, 0.3) is 17.1 Å². The summed E-state index contributed by atoms with van der Waals surface area (Å²) in [5.41, 5.74) is 2.09. The molecule has 0 unspecified atom stereocenters. The molecule has 172 valence electrons. The fourth-order valence-corrected chi connectivity index (χ4v) is 4.30. The Morgan fingerprint density at radius 2 is 1.76 bits per heavy atom.